The largest absolute Gasteiger partial charge is 0.381 e. The Morgan fingerprint density at radius 3 is 2.71 bits per heavy atom. The summed E-state index contributed by atoms with van der Waals surface area (Å²) in [5, 5.41) is 0. The van der Waals surface area contributed by atoms with E-state index < -0.39 is 0 Å². The van der Waals surface area contributed by atoms with Crippen LogP contribution < -0.4 is 5.73 Å². The Morgan fingerprint density at radius 1 is 1.36 bits per heavy atom. The third-order valence-electron chi connectivity index (χ3n) is 3.55. The summed E-state index contributed by atoms with van der Waals surface area (Å²) in [6.45, 7) is 7.16. The summed E-state index contributed by atoms with van der Waals surface area (Å²) in [7, 11) is 0. The number of ether oxygens (including phenoxy) is 1. The molecule has 0 aromatic heterocycles. The van der Waals surface area contributed by atoms with Crippen LogP contribution in [0.4, 0.5) is 0 Å². The number of hydrogen-bond acceptors (Lipinski definition) is 2. The summed E-state index contributed by atoms with van der Waals surface area (Å²) in [5.41, 5.74) is 5.73. The summed E-state index contributed by atoms with van der Waals surface area (Å²) in [6, 6.07) is 0. The van der Waals surface area contributed by atoms with E-state index in [0.717, 1.165) is 31.6 Å². The molecule has 1 aliphatic carbocycles. The van der Waals surface area contributed by atoms with E-state index in [4.69, 9.17) is 10.5 Å². The van der Waals surface area contributed by atoms with E-state index in [-0.39, 0.29) is 0 Å². The van der Waals surface area contributed by atoms with Crippen LogP contribution in [0, 0.1) is 17.8 Å². The van der Waals surface area contributed by atoms with Crippen LogP contribution in [0.1, 0.15) is 39.5 Å². The van der Waals surface area contributed by atoms with Crippen LogP contribution in [0.2, 0.25) is 0 Å². The molecule has 1 fully saturated rings. The molecule has 0 heterocycles. The molecule has 0 amide bonds. The summed E-state index contributed by atoms with van der Waals surface area (Å²) < 4.78 is 5.75. The highest BCUT2D eigenvalue weighted by Crippen LogP contribution is 2.31. The minimum absolute atomic E-state index is 0.702. The highest BCUT2D eigenvalue weighted by atomic mass is 16.5. The fourth-order valence-corrected chi connectivity index (χ4v) is 2.18. The molecular formula is C12H25NO. The third-order valence-corrected chi connectivity index (χ3v) is 3.55. The Labute approximate surface area is 88.2 Å². The number of hydrogen-bond donors (Lipinski definition) is 1. The van der Waals surface area contributed by atoms with Gasteiger partial charge in [0.2, 0.25) is 0 Å². The van der Waals surface area contributed by atoms with Crippen molar-refractivity contribution in [3.63, 3.8) is 0 Å². The lowest BCUT2D eigenvalue weighted by Crippen LogP contribution is -2.23. The van der Waals surface area contributed by atoms with Crippen molar-refractivity contribution < 1.29 is 4.74 Å². The molecule has 3 unspecified atom stereocenters. The van der Waals surface area contributed by atoms with Gasteiger partial charge in [-0.25, -0.2) is 0 Å². The van der Waals surface area contributed by atoms with Gasteiger partial charge in [0, 0.05) is 13.2 Å². The molecule has 1 saturated carbocycles. The minimum Gasteiger partial charge on any atom is -0.381 e. The standard InChI is InChI=1S/C12H25NO/c1-3-10(2)8-14-9-12-6-4-5-11(12)7-13/h10-12H,3-9,13H2,1-2H3. The van der Waals surface area contributed by atoms with Crippen molar-refractivity contribution in [3.05, 3.63) is 0 Å². The van der Waals surface area contributed by atoms with Gasteiger partial charge in [-0.15, -0.1) is 0 Å². The predicted octanol–water partition coefficient (Wildman–Crippen LogP) is 2.42. The van der Waals surface area contributed by atoms with E-state index in [0.29, 0.717) is 5.92 Å². The van der Waals surface area contributed by atoms with Crippen molar-refractivity contribution in [2.75, 3.05) is 19.8 Å². The van der Waals surface area contributed by atoms with Crippen molar-refractivity contribution in [1.82, 2.24) is 0 Å². The van der Waals surface area contributed by atoms with Crippen LogP contribution in [0.3, 0.4) is 0 Å². The van der Waals surface area contributed by atoms with Crippen LogP contribution in [-0.4, -0.2) is 19.8 Å². The van der Waals surface area contributed by atoms with Gasteiger partial charge in [0.15, 0.2) is 0 Å². The van der Waals surface area contributed by atoms with E-state index in [1.54, 1.807) is 0 Å². The molecule has 0 bridgehead atoms. The van der Waals surface area contributed by atoms with Crippen molar-refractivity contribution in [1.29, 1.82) is 0 Å². The molecule has 2 N–H and O–H groups in total. The van der Waals surface area contributed by atoms with E-state index in [1.165, 1.54) is 25.7 Å². The lowest BCUT2D eigenvalue weighted by molar-refractivity contribution is 0.0645. The van der Waals surface area contributed by atoms with Crippen molar-refractivity contribution in [3.8, 4) is 0 Å². The van der Waals surface area contributed by atoms with Gasteiger partial charge in [-0.3, -0.25) is 0 Å². The van der Waals surface area contributed by atoms with Crippen molar-refractivity contribution in [2.24, 2.45) is 23.5 Å². The van der Waals surface area contributed by atoms with Gasteiger partial charge >= 0.3 is 0 Å². The van der Waals surface area contributed by atoms with Crippen molar-refractivity contribution >= 4 is 0 Å². The Kier molecular flexibility index (Phi) is 5.49. The Morgan fingerprint density at radius 2 is 2.07 bits per heavy atom. The van der Waals surface area contributed by atoms with Crippen LogP contribution in [0.5, 0.6) is 0 Å². The van der Waals surface area contributed by atoms with E-state index in [1.807, 2.05) is 0 Å². The Hall–Kier alpha value is -0.0800. The average Bonchev–Trinajstić information content (AvgIpc) is 2.65. The van der Waals surface area contributed by atoms with Gasteiger partial charge in [-0.05, 0) is 37.1 Å². The normalized spacial score (nSPS) is 29.4. The number of rotatable bonds is 6. The lowest BCUT2D eigenvalue weighted by atomic mass is 9.97. The minimum atomic E-state index is 0.702. The fraction of sp³-hybridized carbons (Fsp3) is 1.00. The maximum Gasteiger partial charge on any atom is 0.0497 e. The van der Waals surface area contributed by atoms with Crippen LogP contribution in [0.15, 0.2) is 0 Å². The van der Waals surface area contributed by atoms with Gasteiger partial charge in [-0.1, -0.05) is 26.7 Å². The molecule has 0 aromatic rings. The van der Waals surface area contributed by atoms with Gasteiger partial charge in [0.25, 0.3) is 0 Å². The second kappa shape index (κ2) is 6.41. The molecule has 0 saturated heterocycles. The zero-order chi connectivity index (χ0) is 10.4. The quantitative estimate of drug-likeness (QED) is 0.713. The highest BCUT2D eigenvalue weighted by Gasteiger charge is 2.25. The predicted molar refractivity (Wildman–Crippen MR) is 60.2 cm³/mol. The van der Waals surface area contributed by atoms with E-state index in [9.17, 15) is 0 Å². The molecule has 84 valence electrons. The second-order valence-electron chi connectivity index (χ2n) is 4.74. The first-order valence-corrected chi connectivity index (χ1v) is 6.05. The SMILES string of the molecule is CCC(C)COCC1CCCC1CN. The monoisotopic (exact) mass is 199 g/mol. The van der Waals surface area contributed by atoms with Gasteiger partial charge < -0.3 is 10.5 Å². The van der Waals surface area contributed by atoms with Gasteiger partial charge in [0.1, 0.15) is 0 Å². The smallest absolute Gasteiger partial charge is 0.0497 e. The van der Waals surface area contributed by atoms with Crippen LogP contribution in [0.25, 0.3) is 0 Å². The molecule has 1 aliphatic rings. The molecule has 1 rings (SSSR count). The van der Waals surface area contributed by atoms with Gasteiger partial charge in [0.05, 0.1) is 0 Å². The highest BCUT2D eigenvalue weighted by molar-refractivity contribution is 4.77. The first-order chi connectivity index (χ1) is 6.77. The first kappa shape index (κ1) is 12.0. The molecular weight excluding hydrogens is 174 g/mol. The molecule has 0 spiro atoms. The first-order valence-electron chi connectivity index (χ1n) is 6.05. The average molecular weight is 199 g/mol. The summed E-state index contributed by atoms with van der Waals surface area (Å²) in [6.07, 6.45) is 5.19. The molecule has 2 nitrogen and oxygen atoms in total. The molecule has 3 atom stereocenters. The zero-order valence-corrected chi connectivity index (χ0v) is 9.67. The second-order valence-corrected chi connectivity index (χ2v) is 4.74. The number of nitrogens with two attached hydrogens (primary N) is 1. The van der Waals surface area contributed by atoms with E-state index in [2.05, 4.69) is 13.8 Å². The maximum absolute atomic E-state index is 5.75. The van der Waals surface area contributed by atoms with Crippen molar-refractivity contribution in [2.45, 2.75) is 39.5 Å². The summed E-state index contributed by atoms with van der Waals surface area (Å²) >= 11 is 0. The summed E-state index contributed by atoms with van der Waals surface area (Å²) in [5.74, 6) is 2.17. The molecule has 14 heavy (non-hydrogen) atoms. The molecule has 0 aliphatic heterocycles. The molecule has 2 heteroatoms. The van der Waals surface area contributed by atoms with Gasteiger partial charge in [-0.2, -0.15) is 0 Å². The molecule has 0 aromatic carbocycles. The zero-order valence-electron chi connectivity index (χ0n) is 9.67. The molecule has 0 radical (unpaired) electrons. The van der Waals surface area contributed by atoms with E-state index >= 15 is 0 Å². The summed E-state index contributed by atoms with van der Waals surface area (Å²) in [4.78, 5) is 0. The Bertz CT molecular complexity index is 149. The maximum atomic E-state index is 5.75. The fourth-order valence-electron chi connectivity index (χ4n) is 2.18. The Balaban J connectivity index is 2.11. The third kappa shape index (κ3) is 3.58. The lowest BCUT2D eigenvalue weighted by Gasteiger charge is -2.18. The topological polar surface area (TPSA) is 35.2 Å². The van der Waals surface area contributed by atoms with Crippen LogP contribution >= 0.6 is 0 Å². The van der Waals surface area contributed by atoms with Crippen LogP contribution in [-0.2, 0) is 4.74 Å².